The Bertz CT molecular complexity index is 1110. The van der Waals surface area contributed by atoms with Gasteiger partial charge in [0.2, 0.25) is 17.7 Å². The lowest BCUT2D eigenvalue weighted by Gasteiger charge is -2.32. The number of ether oxygens (including phenoxy) is 1. The molecule has 1 aliphatic heterocycles. The Hall–Kier alpha value is -3.23. The summed E-state index contributed by atoms with van der Waals surface area (Å²) in [7, 11) is 0. The minimum absolute atomic E-state index is 0.0533. The predicted octanol–water partition coefficient (Wildman–Crippen LogP) is 5.02. The Balaban J connectivity index is 1.60. The first-order valence-corrected chi connectivity index (χ1v) is 15.1. The lowest BCUT2D eigenvalue weighted by molar-refractivity contribution is -0.141. The number of likely N-dealkylation sites (tertiary alicyclic amines) is 1. The molecule has 0 radical (unpaired) electrons. The highest BCUT2D eigenvalue weighted by molar-refractivity contribution is 5.91. The van der Waals surface area contributed by atoms with E-state index < -0.39 is 17.9 Å². The van der Waals surface area contributed by atoms with Crippen molar-refractivity contribution in [1.29, 1.82) is 0 Å². The van der Waals surface area contributed by atoms with Gasteiger partial charge in [-0.1, -0.05) is 94.6 Å². The molecule has 3 rings (SSSR count). The van der Waals surface area contributed by atoms with Crippen LogP contribution in [0.15, 0.2) is 54.6 Å². The molecule has 0 aromatic heterocycles. The Morgan fingerprint density at radius 3 is 2.41 bits per heavy atom. The second-order valence-corrected chi connectivity index (χ2v) is 11.4. The summed E-state index contributed by atoms with van der Waals surface area (Å²) in [4.78, 5) is 40.7. The van der Waals surface area contributed by atoms with Gasteiger partial charge in [0, 0.05) is 18.9 Å². The maximum absolute atomic E-state index is 13.7. The van der Waals surface area contributed by atoms with Crippen LogP contribution in [0, 0.1) is 11.8 Å². The van der Waals surface area contributed by atoms with Crippen molar-refractivity contribution in [2.24, 2.45) is 11.8 Å². The zero-order chi connectivity index (χ0) is 29.6. The molecule has 0 saturated carbocycles. The van der Waals surface area contributed by atoms with E-state index in [1.165, 1.54) is 11.1 Å². The van der Waals surface area contributed by atoms with Gasteiger partial charge in [-0.25, -0.2) is 5.48 Å². The van der Waals surface area contributed by atoms with Crippen LogP contribution in [0.5, 0.6) is 0 Å². The van der Waals surface area contributed by atoms with Crippen LogP contribution in [0.1, 0.15) is 82.4 Å². The van der Waals surface area contributed by atoms with E-state index in [-0.39, 0.29) is 30.2 Å². The van der Waals surface area contributed by atoms with Crippen LogP contribution in [-0.4, -0.2) is 53.1 Å². The van der Waals surface area contributed by atoms with Crippen molar-refractivity contribution < 1.29 is 24.3 Å². The fourth-order valence-electron chi connectivity index (χ4n) is 5.49. The molecule has 0 unspecified atom stereocenters. The van der Waals surface area contributed by atoms with Crippen molar-refractivity contribution in [2.45, 2.75) is 90.8 Å². The number of rotatable bonds is 16. The molecule has 1 fully saturated rings. The summed E-state index contributed by atoms with van der Waals surface area (Å²) in [5.41, 5.74) is 5.24. The zero-order valence-corrected chi connectivity index (χ0v) is 24.8. The van der Waals surface area contributed by atoms with Crippen LogP contribution >= 0.6 is 0 Å². The number of nitrogens with one attached hydrogen (secondary N) is 2. The first-order chi connectivity index (χ1) is 19.8. The third-order valence-corrected chi connectivity index (χ3v) is 7.90. The average Bonchev–Trinajstić information content (AvgIpc) is 3.44. The van der Waals surface area contributed by atoms with E-state index in [1.807, 2.05) is 49.1 Å². The number of hydrogen-bond acceptors (Lipinski definition) is 5. The lowest BCUT2D eigenvalue weighted by atomic mass is 9.94. The van der Waals surface area contributed by atoms with Crippen molar-refractivity contribution in [2.75, 3.05) is 13.2 Å². The monoisotopic (exact) mass is 565 g/mol. The highest BCUT2D eigenvalue weighted by Gasteiger charge is 2.36. The molecule has 0 bridgehead atoms. The molecule has 0 aliphatic carbocycles. The van der Waals surface area contributed by atoms with Crippen LogP contribution in [0.25, 0.3) is 0 Å². The molecule has 3 atom stereocenters. The minimum atomic E-state index is -0.694. The summed E-state index contributed by atoms with van der Waals surface area (Å²) in [6.07, 6.45) is 5.73. The van der Waals surface area contributed by atoms with Crippen LogP contribution in [0.2, 0.25) is 0 Å². The zero-order valence-electron chi connectivity index (χ0n) is 24.8. The number of hydrogen-bond donors (Lipinski definition) is 3. The quantitative estimate of drug-likeness (QED) is 0.151. The molecule has 1 heterocycles. The fraction of sp³-hybridized carbons (Fsp3) is 0.545. The highest BCUT2D eigenvalue weighted by Crippen LogP contribution is 2.23. The number of amides is 3. The third-order valence-electron chi connectivity index (χ3n) is 7.90. The molecule has 3 amide bonds. The SMILES string of the molecule is CCCCC[C@H](CC(=O)NO)C(=O)N[C@H](C(=O)N1CCC[C@H]1COCc1ccccc1Cc1ccccc1)C(C)C. The van der Waals surface area contributed by atoms with Gasteiger partial charge in [-0.3, -0.25) is 19.6 Å². The van der Waals surface area contributed by atoms with Gasteiger partial charge >= 0.3 is 0 Å². The normalized spacial score (nSPS) is 16.4. The topological polar surface area (TPSA) is 108 Å². The Kier molecular flexibility index (Phi) is 13.3. The van der Waals surface area contributed by atoms with E-state index in [9.17, 15) is 14.4 Å². The largest absolute Gasteiger partial charge is 0.375 e. The van der Waals surface area contributed by atoms with Crippen LogP contribution < -0.4 is 10.8 Å². The van der Waals surface area contributed by atoms with Crippen LogP contribution in [0.3, 0.4) is 0 Å². The van der Waals surface area contributed by atoms with Gasteiger partial charge in [0.1, 0.15) is 6.04 Å². The van der Waals surface area contributed by atoms with Gasteiger partial charge in [-0.2, -0.15) is 0 Å². The molecule has 3 N–H and O–H groups in total. The molecule has 1 aliphatic rings. The van der Waals surface area contributed by atoms with E-state index in [4.69, 9.17) is 9.94 Å². The molecule has 8 nitrogen and oxygen atoms in total. The predicted molar refractivity (Wildman–Crippen MR) is 159 cm³/mol. The Morgan fingerprint density at radius 2 is 1.73 bits per heavy atom. The summed E-state index contributed by atoms with van der Waals surface area (Å²) in [6, 6.07) is 17.9. The number of carbonyl (C=O) groups excluding carboxylic acids is 3. The smallest absolute Gasteiger partial charge is 0.245 e. The van der Waals surface area contributed by atoms with E-state index in [0.29, 0.717) is 26.2 Å². The van der Waals surface area contributed by atoms with Crippen LogP contribution in [-0.2, 0) is 32.1 Å². The van der Waals surface area contributed by atoms with E-state index in [2.05, 4.69) is 36.5 Å². The average molecular weight is 566 g/mol. The van der Waals surface area contributed by atoms with Gasteiger partial charge in [-0.15, -0.1) is 0 Å². The van der Waals surface area contributed by atoms with E-state index >= 15 is 0 Å². The van der Waals surface area contributed by atoms with Gasteiger partial charge in [0.05, 0.1) is 19.3 Å². The van der Waals surface area contributed by atoms with Crippen molar-refractivity contribution in [3.8, 4) is 0 Å². The maximum Gasteiger partial charge on any atom is 0.245 e. The highest BCUT2D eigenvalue weighted by atomic mass is 16.5. The molecular formula is C33H47N3O5. The van der Waals surface area contributed by atoms with Crippen LogP contribution in [0.4, 0.5) is 0 Å². The first kappa shape index (κ1) is 32.3. The minimum Gasteiger partial charge on any atom is -0.375 e. The molecular weight excluding hydrogens is 518 g/mol. The summed E-state index contributed by atoms with van der Waals surface area (Å²) >= 11 is 0. The number of benzene rings is 2. The lowest BCUT2D eigenvalue weighted by Crippen LogP contribution is -2.54. The molecule has 0 spiro atoms. The molecule has 2 aromatic rings. The summed E-state index contributed by atoms with van der Waals surface area (Å²) in [6.45, 7) is 7.44. The van der Waals surface area contributed by atoms with Crippen molar-refractivity contribution in [1.82, 2.24) is 15.7 Å². The second-order valence-electron chi connectivity index (χ2n) is 11.4. The first-order valence-electron chi connectivity index (χ1n) is 15.1. The number of carbonyl (C=O) groups is 3. The van der Waals surface area contributed by atoms with Gasteiger partial charge in [-0.05, 0) is 48.3 Å². The van der Waals surface area contributed by atoms with Crippen molar-refractivity contribution in [3.05, 3.63) is 71.3 Å². The fourth-order valence-corrected chi connectivity index (χ4v) is 5.49. The number of nitrogens with zero attached hydrogens (tertiary/aromatic N) is 1. The van der Waals surface area contributed by atoms with Gasteiger partial charge in [0.15, 0.2) is 0 Å². The van der Waals surface area contributed by atoms with Crippen molar-refractivity contribution in [3.63, 3.8) is 0 Å². The summed E-state index contributed by atoms with van der Waals surface area (Å²) < 4.78 is 6.18. The van der Waals surface area contributed by atoms with Gasteiger partial charge in [0.25, 0.3) is 0 Å². The second kappa shape index (κ2) is 16.9. The Labute approximate surface area is 244 Å². The van der Waals surface area contributed by atoms with E-state index in [1.54, 1.807) is 5.48 Å². The number of unbranched alkanes of at least 4 members (excludes halogenated alkanes) is 2. The summed E-state index contributed by atoms with van der Waals surface area (Å²) in [5, 5.41) is 11.9. The third kappa shape index (κ3) is 9.97. The molecule has 8 heteroatoms. The molecule has 1 saturated heterocycles. The van der Waals surface area contributed by atoms with Crippen molar-refractivity contribution >= 4 is 17.7 Å². The maximum atomic E-state index is 13.7. The van der Waals surface area contributed by atoms with E-state index in [0.717, 1.165) is 44.1 Å². The molecule has 2 aromatic carbocycles. The Morgan fingerprint density at radius 1 is 1.02 bits per heavy atom. The number of hydroxylamine groups is 1. The molecule has 224 valence electrons. The standard InChI is InChI=1S/C33H47N3O5/c1-4-5-7-16-27(21-30(37)35-40)32(38)34-31(24(2)3)33(39)36-19-12-18-29(36)23-41-22-28-17-11-10-15-26(28)20-25-13-8-6-9-14-25/h6,8-11,13-15,17,24,27,29,31,40H,4-5,7,12,16,18-23H2,1-3H3,(H,34,38)(H,35,37)/t27-,29+,31+/m1/s1. The summed E-state index contributed by atoms with van der Waals surface area (Å²) in [5.74, 6) is -1.75. The molecule has 41 heavy (non-hydrogen) atoms. The van der Waals surface area contributed by atoms with Gasteiger partial charge < -0.3 is 15.0 Å².